The van der Waals surface area contributed by atoms with Gasteiger partial charge in [0.1, 0.15) is 0 Å². The quantitative estimate of drug-likeness (QED) is 0.849. The predicted molar refractivity (Wildman–Crippen MR) is 79.2 cm³/mol. The Labute approximate surface area is 113 Å². The normalized spacial score (nSPS) is 10.4. The van der Waals surface area contributed by atoms with E-state index in [1.54, 1.807) is 0 Å². The summed E-state index contributed by atoms with van der Waals surface area (Å²) in [5.74, 6) is 0. The fourth-order valence-corrected chi connectivity index (χ4v) is 2.18. The number of nitrogen functional groups attached to an aromatic ring is 1. The molecule has 3 heteroatoms. The highest BCUT2D eigenvalue weighted by Gasteiger charge is 2.08. The average molecular weight is 261 g/mol. The summed E-state index contributed by atoms with van der Waals surface area (Å²) < 4.78 is 0. The van der Waals surface area contributed by atoms with Crippen molar-refractivity contribution in [2.45, 2.75) is 13.5 Å². The van der Waals surface area contributed by atoms with Gasteiger partial charge in [-0.25, -0.2) is 0 Å². The molecule has 0 aliphatic rings. The summed E-state index contributed by atoms with van der Waals surface area (Å²) in [6, 6.07) is 14.0. The Hall–Kier alpha value is -1.67. The molecule has 0 bridgehead atoms. The topological polar surface area (TPSA) is 29.3 Å². The van der Waals surface area contributed by atoms with Gasteiger partial charge in [0, 0.05) is 35.6 Å². The Morgan fingerprint density at radius 1 is 1.17 bits per heavy atom. The molecule has 18 heavy (non-hydrogen) atoms. The SMILES string of the molecule is Cc1cccc(N(C)Cc2c(N)cccc2Cl)c1. The molecular weight excluding hydrogens is 244 g/mol. The third-order valence-electron chi connectivity index (χ3n) is 2.99. The highest BCUT2D eigenvalue weighted by molar-refractivity contribution is 6.31. The molecule has 94 valence electrons. The third kappa shape index (κ3) is 2.77. The number of benzene rings is 2. The zero-order chi connectivity index (χ0) is 13.1. The summed E-state index contributed by atoms with van der Waals surface area (Å²) >= 11 is 6.19. The molecule has 0 saturated carbocycles. The van der Waals surface area contributed by atoms with E-state index in [2.05, 4.69) is 36.1 Å². The molecule has 0 radical (unpaired) electrons. The van der Waals surface area contributed by atoms with E-state index >= 15 is 0 Å². The molecular formula is C15H17ClN2. The number of nitrogens with zero attached hydrogens (tertiary/aromatic N) is 1. The molecule has 2 nitrogen and oxygen atoms in total. The number of anilines is 2. The molecule has 0 atom stereocenters. The molecule has 0 saturated heterocycles. The first kappa shape index (κ1) is 12.8. The third-order valence-corrected chi connectivity index (χ3v) is 3.35. The Balaban J connectivity index is 2.24. The van der Waals surface area contributed by atoms with Crippen molar-refractivity contribution in [2.24, 2.45) is 0 Å². The number of rotatable bonds is 3. The van der Waals surface area contributed by atoms with Gasteiger partial charge >= 0.3 is 0 Å². The lowest BCUT2D eigenvalue weighted by molar-refractivity contribution is 0.924. The van der Waals surface area contributed by atoms with Gasteiger partial charge in [-0.15, -0.1) is 0 Å². The average Bonchev–Trinajstić information content (AvgIpc) is 2.34. The lowest BCUT2D eigenvalue weighted by Crippen LogP contribution is -2.17. The first-order valence-electron chi connectivity index (χ1n) is 5.88. The van der Waals surface area contributed by atoms with E-state index < -0.39 is 0 Å². The summed E-state index contributed by atoms with van der Waals surface area (Å²) in [6.45, 7) is 2.79. The van der Waals surface area contributed by atoms with Crippen LogP contribution in [0.2, 0.25) is 5.02 Å². The summed E-state index contributed by atoms with van der Waals surface area (Å²) in [6.07, 6.45) is 0. The molecule has 2 aromatic rings. The molecule has 2 N–H and O–H groups in total. The maximum absolute atomic E-state index is 6.19. The van der Waals surface area contributed by atoms with Crippen LogP contribution in [0.25, 0.3) is 0 Å². The summed E-state index contributed by atoms with van der Waals surface area (Å²) in [5.41, 5.74) is 10.1. The van der Waals surface area contributed by atoms with Crippen molar-refractivity contribution in [1.29, 1.82) is 0 Å². The predicted octanol–water partition coefficient (Wildman–Crippen LogP) is 3.87. The van der Waals surface area contributed by atoms with Crippen LogP contribution in [0, 0.1) is 6.92 Å². The second-order valence-electron chi connectivity index (χ2n) is 4.50. The van der Waals surface area contributed by atoms with Gasteiger partial charge in [-0.1, -0.05) is 29.8 Å². The van der Waals surface area contributed by atoms with Crippen LogP contribution in [0.15, 0.2) is 42.5 Å². The van der Waals surface area contributed by atoms with Crippen molar-refractivity contribution >= 4 is 23.0 Å². The summed E-state index contributed by atoms with van der Waals surface area (Å²) in [4.78, 5) is 2.14. The van der Waals surface area contributed by atoms with Crippen LogP contribution in [-0.2, 0) is 6.54 Å². The van der Waals surface area contributed by atoms with Crippen LogP contribution in [-0.4, -0.2) is 7.05 Å². The Morgan fingerprint density at radius 3 is 2.56 bits per heavy atom. The fourth-order valence-electron chi connectivity index (χ4n) is 1.94. The molecule has 0 amide bonds. The van der Waals surface area contributed by atoms with Crippen molar-refractivity contribution < 1.29 is 0 Å². The molecule has 0 fully saturated rings. The van der Waals surface area contributed by atoms with Crippen LogP contribution in [0.3, 0.4) is 0 Å². The second-order valence-corrected chi connectivity index (χ2v) is 4.91. The fraction of sp³-hybridized carbons (Fsp3) is 0.200. The first-order valence-corrected chi connectivity index (χ1v) is 6.26. The van der Waals surface area contributed by atoms with E-state index in [1.807, 2.05) is 25.2 Å². The maximum atomic E-state index is 6.19. The summed E-state index contributed by atoms with van der Waals surface area (Å²) in [5, 5.41) is 0.717. The van der Waals surface area contributed by atoms with E-state index in [1.165, 1.54) is 5.56 Å². The van der Waals surface area contributed by atoms with Crippen molar-refractivity contribution in [3.8, 4) is 0 Å². The number of hydrogen-bond donors (Lipinski definition) is 1. The molecule has 2 rings (SSSR count). The zero-order valence-corrected chi connectivity index (χ0v) is 11.4. The van der Waals surface area contributed by atoms with Gasteiger partial charge in [0.15, 0.2) is 0 Å². The number of nitrogens with two attached hydrogens (primary N) is 1. The standard InChI is InChI=1S/C15H17ClN2/c1-11-5-3-6-12(9-11)18(2)10-13-14(16)7-4-8-15(13)17/h3-9H,10,17H2,1-2H3. The van der Waals surface area contributed by atoms with Gasteiger partial charge in [0.05, 0.1) is 0 Å². The minimum absolute atomic E-state index is 0.703. The van der Waals surface area contributed by atoms with Gasteiger partial charge in [-0.3, -0.25) is 0 Å². The van der Waals surface area contributed by atoms with Gasteiger partial charge in [-0.05, 0) is 36.8 Å². The van der Waals surface area contributed by atoms with Crippen molar-refractivity contribution in [3.63, 3.8) is 0 Å². The van der Waals surface area contributed by atoms with E-state index in [4.69, 9.17) is 17.3 Å². The second kappa shape index (κ2) is 5.32. The van der Waals surface area contributed by atoms with Crippen LogP contribution >= 0.6 is 11.6 Å². The zero-order valence-electron chi connectivity index (χ0n) is 10.7. The van der Waals surface area contributed by atoms with Crippen molar-refractivity contribution in [2.75, 3.05) is 17.7 Å². The summed E-state index contributed by atoms with van der Waals surface area (Å²) in [7, 11) is 2.04. The molecule has 0 aromatic heterocycles. The largest absolute Gasteiger partial charge is 0.398 e. The molecule has 0 aliphatic heterocycles. The van der Waals surface area contributed by atoms with E-state index in [9.17, 15) is 0 Å². The van der Waals surface area contributed by atoms with Crippen LogP contribution in [0.5, 0.6) is 0 Å². The maximum Gasteiger partial charge on any atom is 0.0476 e. The lowest BCUT2D eigenvalue weighted by atomic mass is 10.1. The van der Waals surface area contributed by atoms with Gasteiger partial charge in [0.25, 0.3) is 0 Å². The Kier molecular flexibility index (Phi) is 3.78. The minimum atomic E-state index is 0.703. The van der Waals surface area contributed by atoms with E-state index in [0.717, 1.165) is 22.0 Å². The van der Waals surface area contributed by atoms with Gasteiger partial charge in [0.2, 0.25) is 0 Å². The van der Waals surface area contributed by atoms with Crippen LogP contribution in [0.1, 0.15) is 11.1 Å². The van der Waals surface area contributed by atoms with Gasteiger partial charge < -0.3 is 10.6 Å². The first-order chi connectivity index (χ1) is 8.58. The number of halogens is 1. The molecule has 0 heterocycles. The van der Waals surface area contributed by atoms with E-state index in [-0.39, 0.29) is 0 Å². The van der Waals surface area contributed by atoms with Crippen molar-refractivity contribution in [1.82, 2.24) is 0 Å². The monoisotopic (exact) mass is 260 g/mol. The molecule has 0 unspecified atom stereocenters. The van der Waals surface area contributed by atoms with Crippen molar-refractivity contribution in [3.05, 3.63) is 58.6 Å². The molecule has 0 aliphatic carbocycles. The minimum Gasteiger partial charge on any atom is -0.398 e. The van der Waals surface area contributed by atoms with E-state index in [0.29, 0.717) is 6.54 Å². The smallest absolute Gasteiger partial charge is 0.0476 e. The highest BCUT2D eigenvalue weighted by Crippen LogP contribution is 2.25. The Bertz CT molecular complexity index is 532. The van der Waals surface area contributed by atoms with Crippen LogP contribution < -0.4 is 10.6 Å². The molecule has 0 spiro atoms. The van der Waals surface area contributed by atoms with Crippen LogP contribution in [0.4, 0.5) is 11.4 Å². The van der Waals surface area contributed by atoms with Gasteiger partial charge in [-0.2, -0.15) is 0 Å². The highest BCUT2D eigenvalue weighted by atomic mass is 35.5. The number of hydrogen-bond acceptors (Lipinski definition) is 2. The molecule has 2 aromatic carbocycles. The number of aryl methyl sites for hydroxylation is 1. The Morgan fingerprint density at radius 2 is 1.89 bits per heavy atom. The lowest BCUT2D eigenvalue weighted by Gasteiger charge is -2.21.